The highest BCUT2D eigenvalue weighted by molar-refractivity contribution is 5.70. The van der Waals surface area contributed by atoms with Gasteiger partial charge in [0, 0.05) is 25.7 Å². The summed E-state index contributed by atoms with van der Waals surface area (Å²) in [4.78, 5) is 23.4. The van der Waals surface area contributed by atoms with E-state index < -0.39 is 11.0 Å². The predicted molar refractivity (Wildman–Crippen MR) is 81.9 cm³/mol. The summed E-state index contributed by atoms with van der Waals surface area (Å²) >= 11 is 0. The average Bonchev–Trinajstić information content (AvgIpc) is 2.54. The molecule has 0 unspecified atom stereocenters. The molecule has 1 amide bonds. The molecule has 0 spiro atoms. The van der Waals surface area contributed by atoms with Crippen LogP contribution in [-0.2, 0) is 6.42 Å². The minimum absolute atomic E-state index is 0.0442. The Balaban J connectivity index is 1.87. The van der Waals surface area contributed by atoms with E-state index in [4.69, 9.17) is 4.74 Å². The predicted octanol–water partition coefficient (Wildman–Crippen LogP) is 3.27. The first kappa shape index (κ1) is 15.5. The van der Waals surface area contributed by atoms with Crippen molar-refractivity contribution in [1.82, 2.24) is 4.90 Å². The number of hydrogen-bond acceptors (Lipinski definition) is 4. The van der Waals surface area contributed by atoms with Gasteiger partial charge in [-0.3, -0.25) is 10.1 Å². The van der Waals surface area contributed by atoms with Gasteiger partial charge in [-0.15, -0.1) is 0 Å². The van der Waals surface area contributed by atoms with Crippen molar-refractivity contribution in [2.45, 2.75) is 6.42 Å². The third-order valence-electron chi connectivity index (χ3n) is 3.14. The Labute approximate surface area is 128 Å². The normalized spacial score (nSPS) is 10.0. The Morgan fingerprint density at radius 2 is 1.77 bits per heavy atom. The number of amides is 1. The quantitative estimate of drug-likeness (QED) is 0.627. The summed E-state index contributed by atoms with van der Waals surface area (Å²) in [7, 11) is 1.65. The number of nitrogens with zero attached hydrogens (tertiary/aromatic N) is 2. The van der Waals surface area contributed by atoms with Gasteiger partial charge in [0.2, 0.25) is 0 Å². The molecule has 2 aromatic carbocycles. The van der Waals surface area contributed by atoms with Gasteiger partial charge < -0.3 is 9.64 Å². The van der Waals surface area contributed by atoms with E-state index >= 15 is 0 Å². The Kier molecular flexibility index (Phi) is 5.08. The highest BCUT2D eigenvalue weighted by Crippen LogP contribution is 2.17. The molecule has 0 aliphatic carbocycles. The zero-order valence-corrected chi connectivity index (χ0v) is 12.1. The van der Waals surface area contributed by atoms with Gasteiger partial charge in [0.1, 0.15) is 5.75 Å². The van der Waals surface area contributed by atoms with Crippen LogP contribution in [0.5, 0.6) is 5.75 Å². The lowest BCUT2D eigenvalue weighted by atomic mass is 10.1. The maximum Gasteiger partial charge on any atom is 0.414 e. The van der Waals surface area contributed by atoms with E-state index in [-0.39, 0.29) is 11.4 Å². The third kappa shape index (κ3) is 4.31. The molecule has 0 bridgehead atoms. The second-order valence-electron chi connectivity index (χ2n) is 4.78. The van der Waals surface area contributed by atoms with E-state index in [1.807, 2.05) is 30.3 Å². The summed E-state index contributed by atoms with van der Waals surface area (Å²) in [5.74, 6) is 0.280. The summed E-state index contributed by atoms with van der Waals surface area (Å²) in [6.45, 7) is 0.524. The first-order valence-electron chi connectivity index (χ1n) is 6.77. The minimum atomic E-state index is -0.502. The lowest BCUT2D eigenvalue weighted by molar-refractivity contribution is -0.384. The van der Waals surface area contributed by atoms with Crippen molar-refractivity contribution in [1.29, 1.82) is 0 Å². The number of likely N-dealkylation sites (N-methyl/N-ethyl adjacent to an activating group) is 1. The van der Waals surface area contributed by atoms with Gasteiger partial charge in [-0.25, -0.2) is 4.79 Å². The van der Waals surface area contributed by atoms with Crippen LogP contribution in [0.25, 0.3) is 0 Å². The number of rotatable bonds is 5. The van der Waals surface area contributed by atoms with Crippen LogP contribution in [0, 0.1) is 10.1 Å². The number of ether oxygens (including phenoxy) is 1. The topological polar surface area (TPSA) is 72.7 Å². The third-order valence-corrected chi connectivity index (χ3v) is 3.14. The van der Waals surface area contributed by atoms with E-state index in [1.54, 1.807) is 7.05 Å². The molecule has 0 saturated carbocycles. The Bertz CT molecular complexity index is 641. The van der Waals surface area contributed by atoms with Crippen LogP contribution in [0.3, 0.4) is 0 Å². The van der Waals surface area contributed by atoms with Crippen LogP contribution >= 0.6 is 0 Å². The second kappa shape index (κ2) is 7.21. The van der Waals surface area contributed by atoms with Crippen molar-refractivity contribution >= 4 is 11.8 Å². The number of hydrogen-bond donors (Lipinski definition) is 0. The van der Waals surface area contributed by atoms with E-state index in [1.165, 1.54) is 29.2 Å². The van der Waals surface area contributed by atoms with Crippen molar-refractivity contribution in [3.8, 4) is 5.75 Å². The van der Waals surface area contributed by atoms with E-state index in [0.29, 0.717) is 6.54 Å². The monoisotopic (exact) mass is 300 g/mol. The molecule has 2 rings (SSSR count). The Morgan fingerprint density at radius 3 is 2.36 bits per heavy atom. The van der Waals surface area contributed by atoms with Crippen molar-refractivity contribution in [3.05, 3.63) is 70.3 Å². The fraction of sp³-hybridized carbons (Fsp3) is 0.188. The van der Waals surface area contributed by atoms with Gasteiger partial charge in [0.15, 0.2) is 0 Å². The van der Waals surface area contributed by atoms with Crippen molar-refractivity contribution in [2.24, 2.45) is 0 Å². The Hall–Kier alpha value is -2.89. The van der Waals surface area contributed by atoms with Crippen LogP contribution < -0.4 is 4.74 Å². The lowest BCUT2D eigenvalue weighted by Gasteiger charge is -2.16. The summed E-state index contributed by atoms with van der Waals surface area (Å²) < 4.78 is 5.16. The van der Waals surface area contributed by atoms with Crippen LogP contribution in [0.15, 0.2) is 54.6 Å². The molecule has 0 aliphatic heterocycles. The number of nitro benzene ring substituents is 1. The maximum atomic E-state index is 11.9. The van der Waals surface area contributed by atoms with Crippen molar-refractivity contribution in [2.75, 3.05) is 13.6 Å². The Morgan fingerprint density at radius 1 is 1.14 bits per heavy atom. The summed E-state index contributed by atoms with van der Waals surface area (Å²) in [6, 6.07) is 15.2. The maximum absolute atomic E-state index is 11.9. The van der Waals surface area contributed by atoms with Gasteiger partial charge >= 0.3 is 6.09 Å². The number of carbonyl (C=O) groups excluding carboxylic acids is 1. The number of carbonyl (C=O) groups is 1. The van der Waals surface area contributed by atoms with Gasteiger partial charge in [-0.05, 0) is 24.1 Å². The largest absolute Gasteiger partial charge is 0.414 e. The van der Waals surface area contributed by atoms with Gasteiger partial charge in [-0.1, -0.05) is 30.3 Å². The standard InChI is InChI=1S/C16H16N2O4/c1-17(12-11-13-5-3-2-4-6-13)16(19)22-15-9-7-14(8-10-15)18(20)21/h2-10H,11-12H2,1H3. The molecular formula is C16H16N2O4. The van der Waals surface area contributed by atoms with Crippen LogP contribution in [0.4, 0.5) is 10.5 Å². The molecule has 114 valence electrons. The van der Waals surface area contributed by atoms with E-state index in [2.05, 4.69) is 0 Å². The average molecular weight is 300 g/mol. The number of benzene rings is 2. The molecular weight excluding hydrogens is 284 g/mol. The van der Waals surface area contributed by atoms with Crippen molar-refractivity contribution < 1.29 is 14.5 Å². The molecule has 0 saturated heterocycles. The molecule has 0 heterocycles. The van der Waals surface area contributed by atoms with Crippen LogP contribution in [-0.4, -0.2) is 29.5 Å². The lowest BCUT2D eigenvalue weighted by Crippen LogP contribution is -2.31. The first-order chi connectivity index (χ1) is 10.6. The molecule has 0 N–H and O–H groups in total. The number of non-ortho nitro benzene ring substituents is 1. The SMILES string of the molecule is CN(CCc1ccccc1)C(=O)Oc1ccc([N+](=O)[O-])cc1. The molecule has 6 nitrogen and oxygen atoms in total. The highest BCUT2D eigenvalue weighted by Gasteiger charge is 2.12. The number of nitro groups is 1. The van der Waals surface area contributed by atoms with Crippen LogP contribution in [0.2, 0.25) is 0 Å². The molecule has 2 aromatic rings. The zero-order chi connectivity index (χ0) is 15.9. The minimum Gasteiger partial charge on any atom is -0.410 e. The fourth-order valence-electron chi connectivity index (χ4n) is 1.85. The highest BCUT2D eigenvalue weighted by atomic mass is 16.6. The molecule has 22 heavy (non-hydrogen) atoms. The second-order valence-corrected chi connectivity index (χ2v) is 4.78. The van der Waals surface area contributed by atoms with E-state index in [9.17, 15) is 14.9 Å². The van der Waals surface area contributed by atoms with Gasteiger partial charge in [0.25, 0.3) is 5.69 Å². The molecule has 6 heteroatoms. The molecule has 0 aromatic heterocycles. The summed E-state index contributed by atoms with van der Waals surface area (Å²) in [5.41, 5.74) is 1.09. The van der Waals surface area contributed by atoms with Gasteiger partial charge in [0.05, 0.1) is 4.92 Å². The molecule has 0 aliphatic rings. The molecule has 0 atom stereocenters. The first-order valence-corrected chi connectivity index (χ1v) is 6.77. The van der Waals surface area contributed by atoms with Gasteiger partial charge in [-0.2, -0.15) is 0 Å². The molecule has 0 radical (unpaired) electrons. The van der Waals surface area contributed by atoms with Crippen LogP contribution in [0.1, 0.15) is 5.56 Å². The summed E-state index contributed by atoms with van der Waals surface area (Å²) in [5, 5.41) is 10.6. The van der Waals surface area contributed by atoms with Crippen molar-refractivity contribution in [3.63, 3.8) is 0 Å². The zero-order valence-electron chi connectivity index (χ0n) is 12.1. The fourth-order valence-corrected chi connectivity index (χ4v) is 1.85. The smallest absolute Gasteiger partial charge is 0.410 e. The van der Waals surface area contributed by atoms with E-state index in [0.717, 1.165) is 12.0 Å². The summed E-state index contributed by atoms with van der Waals surface area (Å²) in [6.07, 6.45) is 0.233. The molecule has 0 fully saturated rings.